The maximum absolute atomic E-state index is 13.1. The first-order valence-corrected chi connectivity index (χ1v) is 6.43. The molecule has 0 saturated carbocycles. The van der Waals surface area contributed by atoms with Gasteiger partial charge < -0.3 is 4.90 Å². The Morgan fingerprint density at radius 3 is 3.12 bits per heavy atom. The summed E-state index contributed by atoms with van der Waals surface area (Å²) in [7, 11) is 0. The van der Waals surface area contributed by atoms with Crippen LogP contribution in [0, 0.1) is 5.82 Å². The van der Waals surface area contributed by atoms with E-state index in [1.807, 2.05) is 17.9 Å². The van der Waals surface area contributed by atoms with Crippen LogP contribution in [0.15, 0.2) is 24.3 Å². The van der Waals surface area contributed by atoms with E-state index in [2.05, 4.69) is 0 Å². The van der Waals surface area contributed by atoms with Crippen molar-refractivity contribution in [2.75, 3.05) is 12.3 Å². The Labute approximate surface area is 98.8 Å². The highest BCUT2D eigenvalue weighted by Crippen LogP contribution is 2.38. The minimum atomic E-state index is -0.242. The van der Waals surface area contributed by atoms with Crippen LogP contribution in [-0.2, 0) is 4.79 Å². The molecule has 1 atom stereocenters. The molecule has 0 spiro atoms. The predicted octanol–water partition coefficient (Wildman–Crippen LogP) is 2.81. The van der Waals surface area contributed by atoms with Gasteiger partial charge in [0, 0.05) is 18.7 Å². The maximum Gasteiger partial charge on any atom is 0.223 e. The number of carbonyl (C=O) groups excluding carboxylic acids is 1. The molecule has 1 heterocycles. The van der Waals surface area contributed by atoms with Crippen LogP contribution in [0.1, 0.15) is 24.3 Å². The van der Waals surface area contributed by atoms with Crippen molar-refractivity contribution < 1.29 is 9.18 Å². The van der Waals surface area contributed by atoms with Crippen molar-refractivity contribution in [3.63, 3.8) is 0 Å². The van der Waals surface area contributed by atoms with Crippen LogP contribution in [0.2, 0.25) is 0 Å². The molecule has 4 heteroatoms. The molecule has 0 radical (unpaired) electrons. The van der Waals surface area contributed by atoms with Crippen molar-refractivity contribution in [1.82, 2.24) is 4.90 Å². The van der Waals surface area contributed by atoms with Crippen LogP contribution in [0.5, 0.6) is 0 Å². The smallest absolute Gasteiger partial charge is 0.223 e. The largest absolute Gasteiger partial charge is 0.326 e. The van der Waals surface area contributed by atoms with Gasteiger partial charge in [0.1, 0.15) is 11.2 Å². The number of halogens is 1. The molecule has 1 aliphatic heterocycles. The highest BCUT2D eigenvalue weighted by Gasteiger charge is 2.29. The van der Waals surface area contributed by atoms with Gasteiger partial charge in [0.15, 0.2) is 0 Å². The molecule has 1 amide bonds. The quantitative estimate of drug-likeness (QED) is 0.791. The second kappa shape index (κ2) is 4.87. The van der Waals surface area contributed by atoms with Gasteiger partial charge in [-0.3, -0.25) is 4.79 Å². The molecule has 86 valence electrons. The second-order valence-electron chi connectivity index (χ2n) is 3.72. The Morgan fingerprint density at radius 2 is 2.44 bits per heavy atom. The monoisotopic (exact) mass is 239 g/mol. The van der Waals surface area contributed by atoms with E-state index in [4.69, 9.17) is 0 Å². The zero-order valence-electron chi connectivity index (χ0n) is 9.15. The third-order valence-corrected chi connectivity index (χ3v) is 3.91. The first-order chi connectivity index (χ1) is 7.72. The number of carbonyl (C=O) groups is 1. The minimum Gasteiger partial charge on any atom is -0.326 e. The molecule has 0 bridgehead atoms. The summed E-state index contributed by atoms with van der Waals surface area (Å²) in [4.78, 5) is 13.5. The van der Waals surface area contributed by atoms with E-state index in [0.717, 1.165) is 17.9 Å². The number of hydrogen-bond donors (Lipinski definition) is 0. The van der Waals surface area contributed by atoms with E-state index in [1.54, 1.807) is 17.8 Å². The van der Waals surface area contributed by atoms with Crippen molar-refractivity contribution in [2.45, 2.75) is 18.7 Å². The fourth-order valence-electron chi connectivity index (χ4n) is 1.86. The van der Waals surface area contributed by atoms with Gasteiger partial charge in [0.05, 0.1) is 0 Å². The molecule has 0 aromatic heterocycles. The number of thioether (sulfide) groups is 1. The van der Waals surface area contributed by atoms with Crippen LogP contribution < -0.4 is 0 Å². The standard InChI is InChI=1S/C12H14FNOS/c1-2-11(15)14-6-7-16-12(14)9-4-3-5-10(13)8-9/h3-5,8,12H,2,6-7H2,1H3. The summed E-state index contributed by atoms with van der Waals surface area (Å²) in [6.45, 7) is 2.62. The molecular formula is C12H14FNOS. The number of benzene rings is 1. The van der Waals surface area contributed by atoms with Crippen LogP contribution in [0.3, 0.4) is 0 Å². The molecule has 1 unspecified atom stereocenters. The van der Waals surface area contributed by atoms with Crippen LogP contribution in [0.4, 0.5) is 4.39 Å². The fraction of sp³-hybridized carbons (Fsp3) is 0.417. The van der Waals surface area contributed by atoms with E-state index >= 15 is 0 Å². The Hall–Kier alpha value is -1.03. The molecular weight excluding hydrogens is 225 g/mol. The van der Waals surface area contributed by atoms with Crippen molar-refractivity contribution >= 4 is 17.7 Å². The van der Waals surface area contributed by atoms with E-state index in [1.165, 1.54) is 12.1 Å². The van der Waals surface area contributed by atoms with E-state index in [0.29, 0.717) is 6.42 Å². The Kier molecular flexibility index (Phi) is 3.49. The Bertz CT molecular complexity index is 396. The molecule has 2 rings (SSSR count). The van der Waals surface area contributed by atoms with Gasteiger partial charge in [-0.05, 0) is 17.7 Å². The number of rotatable bonds is 2. The molecule has 1 aliphatic rings. The molecule has 1 aromatic carbocycles. The van der Waals surface area contributed by atoms with Crippen molar-refractivity contribution in [3.8, 4) is 0 Å². The molecule has 0 N–H and O–H groups in total. The van der Waals surface area contributed by atoms with Gasteiger partial charge in [-0.1, -0.05) is 19.1 Å². The molecule has 1 aromatic rings. The van der Waals surface area contributed by atoms with Gasteiger partial charge in [0.25, 0.3) is 0 Å². The summed E-state index contributed by atoms with van der Waals surface area (Å²) in [5.74, 6) is 0.820. The van der Waals surface area contributed by atoms with E-state index in [9.17, 15) is 9.18 Å². The molecule has 1 saturated heterocycles. The Balaban J connectivity index is 2.23. The van der Waals surface area contributed by atoms with Crippen LogP contribution in [-0.4, -0.2) is 23.1 Å². The van der Waals surface area contributed by atoms with Gasteiger partial charge >= 0.3 is 0 Å². The van der Waals surface area contributed by atoms with E-state index < -0.39 is 0 Å². The predicted molar refractivity (Wildman–Crippen MR) is 63.6 cm³/mol. The van der Waals surface area contributed by atoms with Crippen LogP contribution in [0.25, 0.3) is 0 Å². The van der Waals surface area contributed by atoms with Crippen molar-refractivity contribution in [1.29, 1.82) is 0 Å². The number of hydrogen-bond acceptors (Lipinski definition) is 2. The highest BCUT2D eigenvalue weighted by atomic mass is 32.2. The molecule has 2 nitrogen and oxygen atoms in total. The first kappa shape index (κ1) is 11.5. The van der Waals surface area contributed by atoms with Crippen molar-refractivity contribution in [3.05, 3.63) is 35.6 Å². The SMILES string of the molecule is CCC(=O)N1CCSC1c1cccc(F)c1. The topological polar surface area (TPSA) is 20.3 Å². The molecule has 0 aliphatic carbocycles. The normalized spacial score (nSPS) is 20.1. The lowest BCUT2D eigenvalue weighted by molar-refractivity contribution is -0.131. The van der Waals surface area contributed by atoms with Gasteiger partial charge in [-0.2, -0.15) is 0 Å². The van der Waals surface area contributed by atoms with Gasteiger partial charge in [-0.15, -0.1) is 11.8 Å². The van der Waals surface area contributed by atoms with Gasteiger partial charge in [0.2, 0.25) is 5.91 Å². The lowest BCUT2D eigenvalue weighted by atomic mass is 10.2. The van der Waals surface area contributed by atoms with E-state index in [-0.39, 0.29) is 17.1 Å². The average molecular weight is 239 g/mol. The zero-order valence-corrected chi connectivity index (χ0v) is 9.97. The highest BCUT2D eigenvalue weighted by molar-refractivity contribution is 7.99. The van der Waals surface area contributed by atoms with Crippen LogP contribution >= 0.6 is 11.8 Å². The second-order valence-corrected chi connectivity index (χ2v) is 4.91. The summed E-state index contributed by atoms with van der Waals surface area (Å²) in [5.41, 5.74) is 0.879. The lowest BCUT2D eigenvalue weighted by Gasteiger charge is -2.23. The third kappa shape index (κ3) is 2.21. The first-order valence-electron chi connectivity index (χ1n) is 5.39. The van der Waals surface area contributed by atoms with Crippen molar-refractivity contribution in [2.24, 2.45) is 0 Å². The fourth-order valence-corrected chi connectivity index (χ4v) is 3.13. The minimum absolute atomic E-state index is 0.0110. The maximum atomic E-state index is 13.1. The number of nitrogens with zero attached hydrogens (tertiary/aromatic N) is 1. The Morgan fingerprint density at radius 1 is 1.62 bits per heavy atom. The summed E-state index contributed by atoms with van der Waals surface area (Å²) >= 11 is 1.69. The molecule has 16 heavy (non-hydrogen) atoms. The lowest BCUT2D eigenvalue weighted by Crippen LogP contribution is -2.29. The summed E-state index contributed by atoms with van der Waals surface area (Å²) in [6.07, 6.45) is 0.506. The zero-order chi connectivity index (χ0) is 11.5. The van der Waals surface area contributed by atoms with Gasteiger partial charge in [-0.25, -0.2) is 4.39 Å². The summed E-state index contributed by atoms with van der Waals surface area (Å²) in [6, 6.07) is 6.51. The molecule has 1 fully saturated rings. The average Bonchev–Trinajstić information content (AvgIpc) is 2.77. The third-order valence-electron chi connectivity index (χ3n) is 2.65. The summed E-state index contributed by atoms with van der Waals surface area (Å²) in [5, 5.41) is -0.0110. The summed E-state index contributed by atoms with van der Waals surface area (Å²) < 4.78 is 13.1. The number of amides is 1.